The van der Waals surface area contributed by atoms with E-state index in [1.807, 2.05) is 12.1 Å². The lowest BCUT2D eigenvalue weighted by Gasteiger charge is -2.34. The van der Waals surface area contributed by atoms with Crippen molar-refractivity contribution in [1.82, 2.24) is 10.2 Å². The summed E-state index contributed by atoms with van der Waals surface area (Å²) in [7, 11) is 2.17. The summed E-state index contributed by atoms with van der Waals surface area (Å²) in [6.45, 7) is 4.94. The molecule has 1 aliphatic rings. The summed E-state index contributed by atoms with van der Waals surface area (Å²) in [4.78, 5) is 16.8. The van der Waals surface area contributed by atoms with Gasteiger partial charge in [0.25, 0.3) is 0 Å². The topological polar surface area (TPSA) is 35.6 Å². The average Bonchev–Trinajstić information content (AvgIpc) is 2.69. The molecule has 1 heterocycles. The lowest BCUT2D eigenvalue weighted by Crippen LogP contribution is -2.44. The van der Waals surface area contributed by atoms with Crippen molar-refractivity contribution in [2.24, 2.45) is 0 Å². The number of halogens is 1. The number of likely N-dealkylation sites (N-methyl/N-ethyl adjacent to an activating group) is 1. The number of amides is 1. The summed E-state index contributed by atoms with van der Waals surface area (Å²) in [6, 6.07) is 16.8. The Bertz CT molecular complexity index is 728. The Labute approximate surface area is 174 Å². The fourth-order valence-electron chi connectivity index (χ4n) is 2.98. The third-order valence-corrected chi connectivity index (χ3v) is 6.24. The monoisotopic (exact) mass is 447 g/mol. The highest BCUT2D eigenvalue weighted by atomic mass is 79.9. The van der Waals surface area contributed by atoms with Gasteiger partial charge in [0.05, 0.1) is 5.75 Å². The number of piperazine rings is 1. The fourth-order valence-corrected chi connectivity index (χ4v) is 4.07. The molecule has 0 unspecified atom stereocenters. The van der Waals surface area contributed by atoms with Crippen molar-refractivity contribution in [1.29, 1.82) is 0 Å². The van der Waals surface area contributed by atoms with Gasteiger partial charge in [0.1, 0.15) is 0 Å². The summed E-state index contributed by atoms with van der Waals surface area (Å²) >= 11 is 5.07. The maximum atomic E-state index is 12.1. The van der Waals surface area contributed by atoms with E-state index in [1.54, 1.807) is 11.8 Å². The lowest BCUT2D eigenvalue weighted by atomic mass is 10.2. The smallest absolute Gasteiger partial charge is 0.230 e. The number of carbonyl (C=O) groups is 1. The molecule has 2 aromatic rings. The Balaban J connectivity index is 1.37. The van der Waals surface area contributed by atoms with Crippen molar-refractivity contribution in [2.45, 2.75) is 12.3 Å². The number of hydrogen-bond acceptors (Lipinski definition) is 4. The minimum absolute atomic E-state index is 0.0836. The lowest BCUT2D eigenvalue weighted by molar-refractivity contribution is -0.118. The Morgan fingerprint density at radius 3 is 2.30 bits per heavy atom. The molecule has 2 aromatic carbocycles. The molecule has 4 nitrogen and oxygen atoms in total. The molecule has 0 bridgehead atoms. The van der Waals surface area contributed by atoms with Gasteiger partial charge in [0.2, 0.25) is 5.91 Å². The molecular weight excluding hydrogens is 422 g/mol. The molecule has 6 heteroatoms. The van der Waals surface area contributed by atoms with Crippen LogP contribution in [0.5, 0.6) is 0 Å². The van der Waals surface area contributed by atoms with Crippen LogP contribution in [0.3, 0.4) is 0 Å². The van der Waals surface area contributed by atoms with E-state index in [0.717, 1.165) is 42.0 Å². The molecule has 0 atom stereocenters. The summed E-state index contributed by atoms with van der Waals surface area (Å²) < 4.78 is 1.08. The Hall–Kier alpha value is -1.50. The van der Waals surface area contributed by atoms with Gasteiger partial charge in [0, 0.05) is 48.6 Å². The van der Waals surface area contributed by atoms with Crippen molar-refractivity contribution in [2.75, 3.05) is 43.9 Å². The van der Waals surface area contributed by atoms with E-state index in [4.69, 9.17) is 0 Å². The number of hydrogen-bond donors (Lipinski definition) is 1. The first kappa shape index (κ1) is 20.2. The molecule has 1 N–H and O–H groups in total. The van der Waals surface area contributed by atoms with Crippen molar-refractivity contribution in [3.63, 3.8) is 0 Å². The summed E-state index contributed by atoms with van der Waals surface area (Å²) in [5, 5.41) is 3.01. The first-order valence-electron chi connectivity index (χ1n) is 9.21. The highest BCUT2D eigenvalue weighted by molar-refractivity contribution is 9.10. The van der Waals surface area contributed by atoms with Crippen LogP contribution in [-0.4, -0.2) is 49.8 Å². The molecule has 1 amide bonds. The van der Waals surface area contributed by atoms with Gasteiger partial charge in [-0.05, 0) is 42.4 Å². The van der Waals surface area contributed by atoms with Gasteiger partial charge in [0.15, 0.2) is 0 Å². The summed E-state index contributed by atoms with van der Waals surface area (Å²) in [5.74, 6) is 1.41. The second-order valence-electron chi connectivity index (χ2n) is 6.85. The van der Waals surface area contributed by atoms with E-state index < -0.39 is 0 Å². The molecule has 0 spiro atoms. The van der Waals surface area contributed by atoms with Gasteiger partial charge in [-0.15, -0.1) is 11.8 Å². The van der Waals surface area contributed by atoms with Gasteiger partial charge >= 0.3 is 0 Å². The number of nitrogens with one attached hydrogen (secondary N) is 1. The summed E-state index contributed by atoms with van der Waals surface area (Å²) in [6.07, 6.45) is 0. The van der Waals surface area contributed by atoms with Crippen molar-refractivity contribution in [3.8, 4) is 0 Å². The number of anilines is 1. The molecule has 0 saturated carbocycles. The Morgan fingerprint density at radius 1 is 1.00 bits per heavy atom. The maximum Gasteiger partial charge on any atom is 0.230 e. The minimum atomic E-state index is 0.0836. The number of carbonyl (C=O) groups excluding carboxylic acids is 1. The number of thioether (sulfide) groups is 1. The minimum Gasteiger partial charge on any atom is -0.369 e. The van der Waals surface area contributed by atoms with E-state index in [2.05, 4.69) is 74.5 Å². The maximum absolute atomic E-state index is 12.1. The molecule has 0 radical (unpaired) electrons. The van der Waals surface area contributed by atoms with E-state index in [-0.39, 0.29) is 5.91 Å². The number of rotatable bonds is 7. The van der Waals surface area contributed by atoms with E-state index >= 15 is 0 Å². The molecule has 3 rings (SSSR count). The molecule has 1 fully saturated rings. The van der Waals surface area contributed by atoms with Crippen molar-refractivity contribution in [3.05, 3.63) is 64.1 Å². The van der Waals surface area contributed by atoms with Crippen LogP contribution in [0.15, 0.2) is 53.0 Å². The fraction of sp³-hybridized carbons (Fsp3) is 0.381. The largest absolute Gasteiger partial charge is 0.369 e. The number of nitrogens with zero attached hydrogens (tertiary/aromatic N) is 2. The zero-order chi connectivity index (χ0) is 19.1. The van der Waals surface area contributed by atoms with Gasteiger partial charge < -0.3 is 15.1 Å². The van der Waals surface area contributed by atoms with E-state index in [9.17, 15) is 4.79 Å². The third-order valence-electron chi connectivity index (χ3n) is 4.71. The predicted molar refractivity (Wildman–Crippen MR) is 118 cm³/mol. The van der Waals surface area contributed by atoms with Crippen LogP contribution in [0.25, 0.3) is 0 Å². The zero-order valence-electron chi connectivity index (χ0n) is 15.7. The normalized spacial score (nSPS) is 15.0. The predicted octanol–water partition coefficient (Wildman–Crippen LogP) is 3.75. The summed E-state index contributed by atoms with van der Waals surface area (Å²) in [5.41, 5.74) is 3.64. The van der Waals surface area contributed by atoms with Crippen LogP contribution >= 0.6 is 27.7 Å². The first-order valence-corrected chi connectivity index (χ1v) is 11.2. The van der Waals surface area contributed by atoms with Gasteiger partial charge in [-0.3, -0.25) is 4.79 Å². The van der Waals surface area contributed by atoms with Crippen LogP contribution in [0.1, 0.15) is 11.1 Å². The Morgan fingerprint density at radius 2 is 1.63 bits per heavy atom. The second kappa shape index (κ2) is 10.2. The van der Waals surface area contributed by atoms with Gasteiger partial charge in [-0.2, -0.15) is 0 Å². The van der Waals surface area contributed by atoms with Gasteiger partial charge in [-0.1, -0.05) is 40.2 Å². The highest BCUT2D eigenvalue weighted by Gasteiger charge is 2.13. The van der Waals surface area contributed by atoms with Crippen LogP contribution in [0.2, 0.25) is 0 Å². The molecular formula is C21H26BrN3OS. The average molecular weight is 448 g/mol. The molecule has 0 aliphatic carbocycles. The molecule has 0 aromatic heterocycles. The first-order chi connectivity index (χ1) is 13.1. The second-order valence-corrected chi connectivity index (χ2v) is 8.75. The molecule has 1 aliphatic heterocycles. The van der Waals surface area contributed by atoms with Crippen molar-refractivity contribution < 1.29 is 4.79 Å². The van der Waals surface area contributed by atoms with Crippen LogP contribution < -0.4 is 10.2 Å². The Kier molecular flexibility index (Phi) is 7.61. The molecule has 144 valence electrons. The molecule has 27 heavy (non-hydrogen) atoms. The van der Waals surface area contributed by atoms with E-state index in [1.165, 1.54) is 11.3 Å². The van der Waals surface area contributed by atoms with Crippen LogP contribution in [0, 0.1) is 0 Å². The zero-order valence-corrected chi connectivity index (χ0v) is 18.1. The quantitative estimate of drug-likeness (QED) is 0.700. The molecule has 1 saturated heterocycles. The third kappa shape index (κ3) is 6.55. The SMILES string of the molecule is CN1CCN(c2ccc(CNC(=O)CSCc3ccc(Br)cc3)cc2)CC1. The van der Waals surface area contributed by atoms with Crippen molar-refractivity contribution >= 4 is 39.3 Å². The highest BCUT2D eigenvalue weighted by Crippen LogP contribution is 2.18. The number of benzene rings is 2. The van der Waals surface area contributed by atoms with Crippen LogP contribution in [0.4, 0.5) is 5.69 Å². The van der Waals surface area contributed by atoms with Gasteiger partial charge in [-0.25, -0.2) is 0 Å². The standard InChI is InChI=1S/C21H26BrN3OS/c1-24-10-12-25(13-11-24)20-8-4-17(5-9-20)14-23-21(26)16-27-15-18-2-6-19(22)7-3-18/h2-9H,10-16H2,1H3,(H,23,26). The van der Waals surface area contributed by atoms with E-state index in [0.29, 0.717) is 12.3 Å². The van der Waals surface area contributed by atoms with Crippen LogP contribution in [-0.2, 0) is 17.1 Å².